The monoisotopic (exact) mass is 312 g/mol. The highest BCUT2D eigenvalue weighted by atomic mass is 16.4. The average Bonchev–Trinajstić information content (AvgIpc) is 2.79. The van der Waals surface area contributed by atoms with Gasteiger partial charge >= 0.3 is 5.97 Å². The van der Waals surface area contributed by atoms with Crippen LogP contribution in [0, 0.1) is 11.8 Å². The number of carboxylic acid groups (broad SMARTS) is 1. The van der Waals surface area contributed by atoms with Crippen LogP contribution in [0.3, 0.4) is 0 Å². The largest absolute Gasteiger partial charge is 0.480 e. The van der Waals surface area contributed by atoms with Crippen LogP contribution in [0.25, 0.3) is 0 Å². The van der Waals surface area contributed by atoms with Gasteiger partial charge in [-0.05, 0) is 25.7 Å². The fraction of sp³-hybridized carbons (Fsp3) is 0.812. The van der Waals surface area contributed by atoms with Crippen LogP contribution < -0.4 is 5.32 Å². The maximum atomic E-state index is 12.3. The molecule has 0 aromatic rings. The molecular weight excluding hydrogens is 284 g/mol. The summed E-state index contributed by atoms with van der Waals surface area (Å²) < 4.78 is 0. The third-order valence-electron chi connectivity index (χ3n) is 4.09. The van der Waals surface area contributed by atoms with Crippen LogP contribution in [0.15, 0.2) is 0 Å². The molecule has 6 heteroatoms. The van der Waals surface area contributed by atoms with Crippen molar-refractivity contribution in [1.29, 1.82) is 0 Å². The predicted molar refractivity (Wildman–Crippen MR) is 83.2 cm³/mol. The van der Waals surface area contributed by atoms with Crippen molar-refractivity contribution < 1.29 is 19.5 Å². The normalized spacial score (nSPS) is 21.0. The zero-order valence-electron chi connectivity index (χ0n) is 14.0. The lowest BCUT2D eigenvalue weighted by Crippen LogP contribution is -2.45. The van der Waals surface area contributed by atoms with E-state index in [1.165, 1.54) is 0 Å². The molecule has 0 radical (unpaired) electrons. The van der Waals surface area contributed by atoms with E-state index in [9.17, 15) is 19.5 Å². The molecule has 1 fully saturated rings. The molecule has 0 aromatic heterocycles. The molecule has 0 aliphatic carbocycles. The molecule has 6 nitrogen and oxygen atoms in total. The minimum absolute atomic E-state index is 0.0168. The Kier molecular flexibility index (Phi) is 6.84. The van der Waals surface area contributed by atoms with E-state index in [0.717, 1.165) is 12.8 Å². The first-order valence-corrected chi connectivity index (χ1v) is 8.08. The van der Waals surface area contributed by atoms with E-state index in [2.05, 4.69) is 12.2 Å². The van der Waals surface area contributed by atoms with Gasteiger partial charge in [-0.3, -0.25) is 9.59 Å². The number of nitrogens with one attached hydrogen (secondary N) is 1. The Bertz CT molecular complexity index is 422. The van der Waals surface area contributed by atoms with E-state index in [4.69, 9.17) is 0 Å². The summed E-state index contributed by atoms with van der Waals surface area (Å²) in [6, 6.07) is -0.758. The summed E-state index contributed by atoms with van der Waals surface area (Å²) >= 11 is 0. The van der Waals surface area contributed by atoms with Crippen molar-refractivity contribution in [2.24, 2.45) is 11.8 Å². The first-order valence-electron chi connectivity index (χ1n) is 8.08. The van der Waals surface area contributed by atoms with E-state index < -0.39 is 17.9 Å². The molecule has 0 saturated carbocycles. The predicted octanol–water partition coefficient (Wildman–Crippen LogP) is 1.64. The van der Waals surface area contributed by atoms with Gasteiger partial charge in [0.05, 0.1) is 5.92 Å². The number of hydrogen-bond donors (Lipinski definition) is 2. The molecule has 1 saturated heterocycles. The lowest BCUT2D eigenvalue weighted by molar-refractivity contribution is -0.142. The average molecular weight is 312 g/mol. The van der Waals surface area contributed by atoms with Crippen molar-refractivity contribution in [1.82, 2.24) is 10.2 Å². The Morgan fingerprint density at radius 2 is 2.00 bits per heavy atom. The van der Waals surface area contributed by atoms with E-state index >= 15 is 0 Å². The summed E-state index contributed by atoms with van der Waals surface area (Å²) in [5.74, 6) is -1.64. The van der Waals surface area contributed by atoms with E-state index in [1.54, 1.807) is 4.90 Å². The molecule has 1 rings (SSSR count). The highest BCUT2D eigenvalue weighted by molar-refractivity contribution is 5.91. The van der Waals surface area contributed by atoms with Gasteiger partial charge in [0.2, 0.25) is 11.8 Å². The van der Waals surface area contributed by atoms with Gasteiger partial charge in [-0.15, -0.1) is 0 Å². The third kappa shape index (κ3) is 5.00. The summed E-state index contributed by atoms with van der Waals surface area (Å²) in [5.41, 5.74) is 0. The van der Waals surface area contributed by atoms with Crippen LogP contribution >= 0.6 is 0 Å². The lowest BCUT2D eigenvalue weighted by Gasteiger charge is -2.24. The lowest BCUT2D eigenvalue weighted by atomic mass is 10.0. The number of carbonyl (C=O) groups is 3. The van der Waals surface area contributed by atoms with Crippen LogP contribution in [0.1, 0.15) is 53.4 Å². The Balaban J connectivity index is 2.63. The molecule has 2 amide bonds. The maximum Gasteiger partial charge on any atom is 0.326 e. The minimum Gasteiger partial charge on any atom is -0.480 e. The second kappa shape index (κ2) is 8.15. The van der Waals surface area contributed by atoms with E-state index in [1.807, 2.05) is 20.8 Å². The smallest absolute Gasteiger partial charge is 0.326 e. The van der Waals surface area contributed by atoms with Gasteiger partial charge in [0, 0.05) is 19.0 Å². The number of amides is 2. The van der Waals surface area contributed by atoms with Crippen LogP contribution in [0.5, 0.6) is 0 Å². The van der Waals surface area contributed by atoms with Gasteiger partial charge in [0.15, 0.2) is 0 Å². The first kappa shape index (κ1) is 18.5. The standard InChI is InChI=1S/C16H28N2O4/c1-5-6-11(4)18-9-12(8-14(18)19)15(20)17-13(16(21)22)7-10(2)3/h10-13H,5-9H2,1-4H3,(H,17,20)(H,21,22)/t11?,12?,13-/m0/s1. The van der Waals surface area contributed by atoms with Crippen molar-refractivity contribution in [2.45, 2.75) is 65.5 Å². The number of hydrogen-bond acceptors (Lipinski definition) is 3. The van der Waals surface area contributed by atoms with Gasteiger partial charge in [-0.2, -0.15) is 0 Å². The molecule has 0 aromatic carbocycles. The molecule has 22 heavy (non-hydrogen) atoms. The number of aliphatic carboxylic acids is 1. The zero-order chi connectivity index (χ0) is 16.9. The Morgan fingerprint density at radius 1 is 1.36 bits per heavy atom. The number of carbonyl (C=O) groups excluding carboxylic acids is 2. The van der Waals surface area contributed by atoms with Crippen LogP contribution in [0.4, 0.5) is 0 Å². The van der Waals surface area contributed by atoms with Crippen LogP contribution in [0.2, 0.25) is 0 Å². The fourth-order valence-electron chi connectivity index (χ4n) is 2.89. The van der Waals surface area contributed by atoms with Gasteiger partial charge in [-0.1, -0.05) is 27.2 Å². The van der Waals surface area contributed by atoms with Crippen molar-refractivity contribution in [3.8, 4) is 0 Å². The zero-order valence-corrected chi connectivity index (χ0v) is 14.0. The maximum absolute atomic E-state index is 12.3. The topological polar surface area (TPSA) is 86.7 Å². The molecule has 0 bridgehead atoms. The van der Waals surface area contributed by atoms with Gasteiger partial charge in [-0.25, -0.2) is 4.79 Å². The van der Waals surface area contributed by atoms with Gasteiger partial charge in [0.25, 0.3) is 0 Å². The number of likely N-dealkylation sites (tertiary alicyclic amines) is 1. The summed E-state index contributed by atoms with van der Waals surface area (Å²) in [4.78, 5) is 37.2. The van der Waals surface area contributed by atoms with Gasteiger partial charge in [0.1, 0.15) is 6.04 Å². The second-order valence-corrected chi connectivity index (χ2v) is 6.61. The summed E-state index contributed by atoms with van der Waals surface area (Å²) in [5, 5.41) is 11.8. The highest BCUT2D eigenvalue weighted by Gasteiger charge is 2.37. The summed E-state index contributed by atoms with van der Waals surface area (Å²) in [7, 11) is 0. The van der Waals surface area contributed by atoms with Crippen LogP contribution in [-0.4, -0.2) is 46.4 Å². The number of rotatable bonds is 8. The Labute approximate surface area is 132 Å². The fourth-order valence-corrected chi connectivity index (χ4v) is 2.89. The molecule has 2 unspecified atom stereocenters. The van der Waals surface area contributed by atoms with E-state index in [0.29, 0.717) is 13.0 Å². The second-order valence-electron chi connectivity index (χ2n) is 6.61. The number of nitrogens with zero attached hydrogens (tertiary/aromatic N) is 1. The minimum atomic E-state index is -1.03. The van der Waals surface area contributed by atoms with Crippen molar-refractivity contribution in [3.63, 3.8) is 0 Å². The van der Waals surface area contributed by atoms with Crippen molar-refractivity contribution in [3.05, 3.63) is 0 Å². The molecule has 1 heterocycles. The molecule has 1 aliphatic heterocycles. The number of carboxylic acids is 1. The highest BCUT2D eigenvalue weighted by Crippen LogP contribution is 2.22. The third-order valence-corrected chi connectivity index (χ3v) is 4.09. The van der Waals surface area contributed by atoms with E-state index in [-0.39, 0.29) is 30.2 Å². The molecule has 1 aliphatic rings. The Hall–Kier alpha value is -1.59. The van der Waals surface area contributed by atoms with Gasteiger partial charge < -0.3 is 15.3 Å². The molecule has 126 valence electrons. The molecule has 3 atom stereocenters. The quantitative estimate of drug-likeness (QED) is 0.713. The Morgan fingerprint density at radius 3 is 2.50 bits per heavy atom. The molecular formula is C16H28N2O4. The summed E-state index contributed by atoms with van der Waals surface area (Å²) in [6.07, 6.45) is 2.45. The SMILES string of the molecule is CCCC(C)N1CC(C(=O)N[C@@H](CC(C)C)C(=O)O)CC1=O. The first-order chi connectivity index (χ1) is 10.3. The van der Waals surface area contributed by atoms with Crippen molar-refractivity contribution in [2.75, 3.05) is 6.54 Å². The molecule has 2 N–H and O–H groups in total. The van der Waals surface area contributed by atoms with Crippen LogP contribution in [-0.2, 0) is 14.4 Å². The summed E-state index contributed by atoms with van der Waals surface area (Å²) in [6.45, 7) is 8.26. The van der Waals surface area contributed by atoms with Crippen molar-refractivity contribution >= 4 is 17.8 Å². The molecule has 0 spiro atoms.